The summed E-state index contributed by atoms with van der Waals surface area (Å²) in [7, 11) is 0. The summed E-state index contributed by atoms with van der Waals surface area (Å²) in [5.41, 5.74) is 0.281. The zero-order valence-electron chi connectivity index (χ0n) is 8.78. The van der Waals surface area contributed by atoms with E-state index < -0.39 is 18.2 Å². The van der Waals surface area contributed by atoms with Crippen molar-refractivity contribution < 1.29 is 14.7 Å². The molecule has 0 radical (unpaired) electrons. The van der Waals surface area contributed by atoms with Crippen molar-refractivity contribution in [2.75, 3.05) is 0 Å². The number of nitrogens with zero attached hydrogens (tertiary/aromatic N) is 3. The van der Waals surface area contributed by atoms with E-state index in [2.05, 4.69) is 10.1 Å². The normalized spacial score (nSPS) is 10.1. The molecule has 0 aliphatic carbocycles. The highest BCUT2D eigenvalue weighted by molar-refractivity contribution is 6.05. The van der Waals surface area contributed by atoms with Crippen LogP contribution in [0.4, 0.5) is 0 Å². The molecule has 0 aromatic carbocycles. The minimum atomic E-state index is -1.15. The van der Waals surface area contributed by atoms with Gasteiger partial charge in [-0.25, -0.2) is 9.67 Å². The Kier molecular flexibility index (Phi) is 2.95. The van der Waals surface area contributed by atoms with Crippen LogP contribution in [0.2, 0.25) is 0 Å². The van der Waals surface area contributed by atoms with Crippen molar-refractivity contribution >= 4 is 11.8 Å². The zero-order valence-corrected chi connectivity index (χ0v) is 8.78. The van der Waals surface area contributed by atoms with Gasteiger partial charge in [0.05, 0.1) is 0 Å². The molecule has 86 valence electrons. The monoisotopic (exact) mass is 231 g/mol. The summed E-state index contributed by atoms with van der Waals surface area (Å²) < 4.78 is 1.55. The van der Waals surface area contributed by atoms with E-state index in [1.165, 1.54) is 12.3 Å². The number of Topliss-reactive ketones (excluding diaryl/α,β-unsaturated/α-hetero) is 1. The molecular weight excluding hydrogens is 222 g/mol. The van der Waals surface area contributed by atoms with E-state index in [9.17, 15) is 9.59 Å². The van der Waals surface area contributed by atoms with Crippen molar-refractivity contribution in [1.82, 2.24) is 14.8 Å². The van der Waals surface area contributed by atoms with Gasteiger partial charge in [0.15, 0.2) is 11.6 Å². The second-order valence-electron chi connectivity index (χ2n) is 3.35. The Hall–Kier alpha value is -2.50. The summed E-state index contributed by atoms with van der Waals surface area (Å²) >= 11 is 0. The number of aromatic nitrogens is 3. The van der Waals surface area contributed by atoms with Gasteiger partial charge >= 0.3 is 5.97 Å². The van der Waals surface area contributed by atoms with Gasteiger partial charge in [-0.15, -0.1) is 0 Å². The van der Waals surface area contributed by atoms with E-state index in [1.807, 2.05) is 0 Å². The molecule has 1 N–H and O–H groups in total. The van der Waals surface area contributed by atoms with Gasteiger partial charge in [0.1, 0.15) is 6.42 Å². The molecule has 6 heteroatoms. The second-order valence-corrected chi connectivity index (χ2v) is 3.35. The number of aliphatic carboxylic acids is 1. The molecule has 0 amide bonds. The molecule has 0 atom stereocenters. The Bertz CT molecular complexity index is 532. The van der Waals surface area contributed by atoms with Gasteiger partial charge in [0.25, 0.3) is 0 Å². The third-order valence-electron chi connectivity index (χ3n) is 2.12. The van der Waals surface area contributed by atoms with Crippen LogP contribution in [-0.4, -0.2) is 31.6 Å². The maximum Gasteiger partial charge on any atom is 0.311 e. The first kappa shape index (κ1) is 11.0. The number of ketones is 1. The molecular formula is C11H9N3O3. The van der Waals surface area contributed by atoms with Crippen molar-refractivity contribution in [2.24, 2.45) is 0 Å². The highest BCUT2D eigenvalue weighted by atomic mass is 16.4. The molecule has 0 aliphatic rings. The van der Waals surface area contributed by atoms with E-state index in [0.717, 1.165) is 0 Å². The van der Waals surface area contributed by atoms with Crippen LogP contribution in [0.5, 0.6) is 0 Å². The lowest BCUT2D eigenvalue weighted by Gasteiger charge is -2.01. The van der Waals surface area contributed by atoms with Crippen LogP contribution >= 0.6 is 0 Å². The molecule has 17 heavy (non-hydrogen) atoms. The summed E-state index contributed by atoms with van der Waals surface area (Å²) in [4.78, 5) is 25.8. The Morgan fingerprint density at radius 2 is 2.18 bits per heavy atom. The lowest BCUT2D eigenvalue weighted by Crippen LogP contribution is -2.08. The summed E-state index contributed by atoms with van der Waals surface area (Å²) in [6.07, 6.45) is 4.16. The molecule has 0 spiro atoms. The maximum atomic E-state index is 11.4. The summed E-state index contributed by atoms with van der Waals surface area (Å²) in [6, 6.07) is 4.91. The fourth-order valence-electron chi connectivity index (χ4n) is 1.33. The quantitative estimate of drug-likeness (QED) is 0.624. The standard InChI is InChI=1S/C11H9N3O3/c15-9(6-11(16)17)8-2-3-10(12-7-8)14-5-1-4-13-14/h1-5,7H,6H2,(H,16,17). The number of pyridine rings is 1. The Morgan fingerprint density at radius 3 is 2.71 bits per heavy atom. The van der Waals surface area contributed by atoms with E-state index in [-0.39, 0.29) is 5.56 Å². The average molecular weight is 231 g/mol. The van der Waals surface area contributed by atoms with Crippen LogP contribution in [0.15, 0.2) is 36.8 Å². The predicted molar refractivity (Wildman–Crippen MR) is 57.9 cm³/mol. The van der Waals surface area contributed by atoms with Gasteiger partial charge in [0.2, 0.25) is 0 Å². The summed E-state index contributed by atoms with van der Waals surface area (Å²) in [5.74, 6) is -1.04. The number of hydrogen-bond donors (Lipinski definition) is 1. The van der Waals surface area contributed by atoms with Gasteiger partial charge in [-0.2, -0.15) is 5.10 Å². The van der Waals surface area contributed by atoms with Crippen LogP contribution in [0.1, 0.15) is 16.8 Å². The Balaban J connectivity index is 2.19. The van der Waals surface area contributed by atoms with Gasteiger partial charge in [-0.3, -0.25) is 9.59 Å². The number of hydrogen-bond acceptors (Lipinski definition) is 4. The third kappa shape index (κ3) is 2.54. The van der Waals surface area contributed by atoms with Gasteiger partial charge in [-0.1, -0.05) is 0 Å². The van der Waals surface area contributed by atoms with Crippen molar-refractivity contribution in [3.05, 3.63) is 42.4 Å². The fourth-order valence-corrected chi connectivity index (χ4v) is 1.33. The first-order valence-electron chi connectivity index (χ1n) is 4.88. The molecule has 2 heterocycles. The molecule has 0 unspecified atom stereocenters. The largest absolute Gasteiger partial charge is 0.481 e. The van der Waals surface area contributed by atoms with Crippen LogP contribution in [0, 0.1) is 0 Å². The molecule has 6 nitrogen and oxygen atoms in total. The first-order valence-corrected chi connectivity index (χ1v) is 4.88. The Morgan fingerprint density at radius 1 is 1.35 bits per heavy atom. The summed E-state index contributed by atoms with van der Waals surface area (Å²) in [5, 5.41) is 12.5. The van der Waals surface area contributed by atoms with Gasteiger partial charge in [-0.05, 0) is 18.2 Å². The number of carboxylic acids is 1. The van der Waals surface area contributed by atoms with Gasteiger partial charge in [0, 0.05) is 24.2 Å². The zero-order chi connectivity index (χ0) is 12.3. The number of carboxylic acid groups (broad SMARTS) is 1. The van der Waals surface area contributed by atoms with Crippen molar-refractivity contribution in [1.29, 1.82) is 0 Å². The summed E-state index contributed by atoms with van der Waals surface area (Å²) in [6.45, 7) is 0. The molecule has 0 saturated carbocycles. The van der Waals surface area contributed by atoms with Crippen molar-refractivity contribution in [2.45, 2.75) is 6.42 Å². The van der Waals surface area contributed by atoms with E-state index in [0.29, 0.717) is 5.82 Å². The minimum Gasteiger partial charge on any atom is -0.481 e. The number of rotatable bonds is 4. The van der Waals surface area contributed by atoms with Crippen LogP contribution < -0.4 is 0 Å². The molecule has 2 aromatic rings. The smallest absolute Gasteiger partial charge is 0.311 e. The average Bonchev–Trinajstić information content (AvgIpc) is 2.82. The van der Waals surface area contributed by atoms with E-state index in [1.54, 1.807) is 29.2 Å². The first-order chi connectivity index (χ1) is 8.16. The molecule has 0 saturated heterocycles. The van der Waals surface area contributed by atoms with Crippen LogP contribution in [-0.2, 0) is 4.79 Å². The van der Waals surface area contributed by atoms with Crippen LogP contribution in [0.3, 0.4) is 0 Å². The second kappa shape index (κ2) is 4.56. The lowest BCUT2D eigenvalue weighted by atomic mass is 10.1. The maximum absolute atomic E-state index is 11.4. The minimum absolute atomic E-state index is 0.281. The predicted octanol–water partition coefficient (Wildman–Crippen LogP) is 0.925. The van der Waals surface area contributed by atoms with Gasteiger partial charge < -0.3 is 5.11 Å². The third-order valence-corrected chi connectivity index (χ3v) is 2.12. The molecule has 0 aliphatic heterocycles. The molecule has 2 aromatic heterocycles. The highest BCUT2D eigenvalue weighted by Gasteiger charge is 2.11. The topological polar surface area (TPSA) is 85.1 Å². The van der Waals surface area contributed by atoms with Crippen molar-refractivity contribution in [3.8, 4) is 5.82 Å². The lowest BCUT2D eigenvalue weighted by molar-refractivity contribution is -0.135. The highest BCUT2D eigenvalue weighted by Crippen LogP contribution is 2.06. The van der Waals surface area contributed by atoms with E-state index >= 15 is 0 Å². The molecule has 2 rings (SSSR count). The fraction of sp³-hybridized carbons (Fsp3) is 0.0909. The van der Waals surface area contributed by atoms with Crippen molar-refractivity contribution in [3.63, 3.8) is 0 Å². The van der Waals surface area contributed by atoms with Crippen LogP contribution in [0.25, 0.3) is 5.82 Å². The SMILES string of the molecule is O=C(O)CC(=O)c1ccc(-n2cccn2)nc1. The molecule has 0 bridgehead atoms. The number of carbonyl (C=O) groups is 2. The van der Waals surface area contributed by atoms with E-state index in [4.69, 9.17) is 5.11 Å². The number of carbonyl (C=O) groups excluding carboxylic acids is 1. The molecule has 0 fully saturated rings. The Labute approximate surface area is 96.5 Å².